The summed E-state index contributed by atoms with van der Waals surface area (Å²) in [5.41, 5.74) is 6.68. The lowest BCUT2D eigenvalue weighted by molar-refractivity contribution is 0.567. The van der Waals surface area contributed by atoms with Crippen LogP contribution in [0, 0.1) is 0 Å². The summed E-state index contributed by atoms with van der Waals surface area (Å²) in [6.45, 7) is 1.72. The summed E-state index contributed by atoms with van der Waals surface area (Å²) >= 11 is 5.90. The van der Waals surface area contributed by atoms with Gasteiger partial charge in [0.25, 0.3) is 0 Å². The molecule has 8 heteroatoms. The number of hydrogen-bond acceptors (Lipinski definition) is 4. The third kappa shape index (κ3) is 3.06. The first-order valence-corrected chi connectivity index (χ1v) is 7.32. The highest BCUT2D eigenvalue weighted by Crippen LogP contribution is 2.25. The van der Waals surface area contributed by atoms with Crippen molar-refractivity contribution in [3.05, 3.63) is 41.2 Å². The first-order chi connectivity index (χ1) is 8.90. The predicted molar refractivity (Wildman–Crippen MR) is 73.2 cm³/mol. The lowest BCUT2D eigenvalue weighted by Crippen LogP contribution is -2.27. The molecule has 0 amide bonds. The van der Waals surface area contributed by atoms with Gasteiger partial charge >= 0.3 is 0 Å². The van der Waals surface area contributed by atoms with E-state index >= 15 is 0 Å². The van der Waals surface area contributed by atoms with Crippen molar-refractivity contribution in [1.29, 1.82) is 0 Å². The highest BCUT2D eigenvalue weighted by Gasteiger charge is 2.21. The number of nitrogens with two attached hydrogens (primary N) is 1. The normalized spacial score (nSPS) is 13.4. The highest BCUT2D eigenvalue weighted by atomic mass is 35.5. The molecule has 2 rings (SSSR count). The molecule has 102 valence electrons. The van der Waals surface area contributed by atoms with Gasteiger partial charge in [-0.3, -0.25) is 5.10 Å². The van der Waals surface area contributed by atoms with Crippen molar-refractivity contribution in [2.24, 2.45) is 0 Å². The molecule has 1 unspecified atom stereocenters. The molecule has 1 atom stereocenters. The van der Waals surface area contributed by atoms with Crippen LogP contribution in [0.25, 0.3) is 0 Å². The van der Waals surface area contributed by atoms with E-state index < -0.39 is 16.1 Å². The maximum absolute atomic E-state index is 12.2. The Morgan fingerprint density at radius 3 is 2.79 bits per heavy atom. The van der Waals surface area contributed by atoms with Gasteiger partial charge in [0.15, 0.2) is 0 Å². The molecule has 1 aromatic carbocycles. The largest absolute Gasteiger partial charge is 0.399 e. The zero-order valence-electron chi connectivity index (χ0n) is 10.1. The first kappa shape index (κ1) is 13.9. The lowest BCUT2D eigenvalue weighted by atomic mass is 10.2. The Kier molecular flexibility index (Phi) is 3.79. The van der Waals surface area contributed by atoms with Crippen molar-refractivity contribution in [3.63, 3.8) is 0 Å². The van der Waals surface area contributed by atoms with Gasteiger partial charge in [-0.1, -0.05) is 11.6 Å². The van der Waals surface area contributed by atoms with Crippen molar-refractivity contribution in [3.8, 4) is 0 Å². The Balaban J connectivity index is 2.28. The fraction of sp³-hybridized carbons (Fsp3) is 0.182. The Labute approximate surface area is 116 Å². The number of anilines is 1. The van der Waals surface area contributed by atoms with Crippen LogP contribution in [0.5, 0.6) is 0 Å². The van der Waals surface area contributed by atoms with Crippen molar-refractivity contribution in [2.45, 2.75) is 17.9 Å². The molecule has 0 aliphatic carbocycles. The van der Waals surface area contributed by atoms with Gasteiger partial charge in [-0.2, -0.15) is 5.10 Å². The van der Waals surface area contributed by atoms with E-state index in [-0.39, 0.29) is 9.92 Å². The molecule has 0 radical (unpaired) electrons. The van der Waals surface area contributed by atoms with Crippen molar-refractivity contribution < 1.29 is 8.42 Å². The lowest BCUT2D eigenvalue weighted by Gasteiger charge is -2.13. The van der Waals surface area contributed by atoms with Crippen LogP contribution >= 0.6 is 11.6 Å². The molecular formula is C11H13ClN4O2S. The van der Waals surface area contributed by atoms with Crippen LogP contribution in [0.3, 0.4) is 0 Å². The molecule has 1 aromatic heterocycles. The van der Waals surface area contributed by atoms with Gasteiger partial charge in [-0.05, 0) is 25.1 Å². The number of nitrogens with one attached hydrogen (secondary N) is 2. The van der Waals surface area contributed by atoms with Crippen LogP contribution in [0.1, 0.15) is 18.5 Å². The zero-order valence-corrected chi connectivity index (χ0v) is 11.7. The van der Waals surface area contributed by atoms with E-state index in [1.165, 1.54) is 18.2 Å². The van der Waals surface area contributed by atoms with Gasteiger partial charge < -0.3 is 5.73 Å². The van der Waals surface area contributed by atoms with Gasteiger partial charge in [0, 0.05) is 23.5 Å². The summed E-state index contributed by atoms with van der Waals surface area (Å²) in [5.74, 6) is 0. The minimum Gasteiger partial charge on any atom is -0.399 e. The molecule has 0 bridgehead atoms. The van der Waals surface area contributed by atoms with Crippen molar-refractivity contribution in [1.82, 2.24) is 14.9 Å². The molecule has 0 saturated heterocycles. The number of halogens is 1. The molecular weight excluding hydrogens is 288 g/mol. The van der Waals surface area contributed by atoms with Crippen LogP contribution in [0.15, 0.2) is 35.5 Å². The van der Waals surface area contributed by atoms with Crippen molar-refractivity contribution in [2.75, 3.05) is 5.73 Å². The monoisotopic (exact) mass is 300 g/mol. The quantitative estimate of drug-likeness (QED) is 0.748. The van der Waals surface area contributed by atoms with Gasteiger partial charge in [-0.15, -0.1) is 0 Å². The molecule has 0 aliphatic heterocycles. The molecule has 0 saturated carbocycles. The second-order valence-corrected chi connectivity index (χ2v) is 6.15. The summed E-state index contributed by atoms with van der Waals surface area (Å²) in [5, 5.41) is 6.49. The Morgan fingerprint density at radius 1 is 1.47 bits per heavy atom. The molecule has 1 heterocycles. The second kappa shape index (κ2) is 5.20. The Bertz CT molecular complexity index is 670. The van der Waals surface area contributed by atoms with E-state index in [9.17, 15) is 8.42 Å². The number of hydrogen-bond donors (Lipinski definition) is 3. The fourth-order valence-corrected chi connectivity index (χ4v) is 3.38. The third-order valence-electron chi connectivity index (χ3n) is 2.60. The van der Waals surface area contributed by atoms with Crippen LogP contribution in [-0.4, -0.2) is 18.6 Å². The summed E-state index contributed by atoms with van der Waals surface area (Å²) in [6, 6.07) is 3.85. The van der Waals surface area contributed by atoms with Crippen molar-refractivity contribution >= 4 is 27.3 Å². The van der Waals surface area contributed by atoms with E-state index in [0.29, 0.717) is 5.69 Å². The number of aromatic amines is 1. The number of rotatable bonds is 4. The number of benzene rings is 1. The van der Waals surface area contributed by atoms with E-state index in [2.05, 4.69) is 14.9 Å². The molecule has 0 fully saturated rings. The second-order valence-electron chi connectivity index (χ2n) is 4.06. The van der Waals surface area contributed by atoms with Gasteiger partial charge in [-0.25, -0.2) is 13.1 Å². The van der Waals surface area contributed by atoms with Gasteiger partial charge in [0.2, 0.25) is 10.0 Å². The first-order valence-electron chi connectivity index (χ1n) is 5.46. The van der Waals surface area contributed by atoms with E-state index in [1.807, 2.05) is 0 Å². The number of aromatic nitrogens is 2. The standard InChI is InChI=1S/C11H13ClN4O2S/c1-7(8-5-14-15-6-8)16-19(17,18)11-3-2-9(13)4-10(11)12/h2-7,16H,13H2,1H3,(H,14,15). The molecule has 2 aromatic rings. The average molecular weight is 301 g/mol. The maximum atomic E-state index is 12.2. The minimum atomic E-state index is -3.71. The minimum absolute atomic E-state index is 0.00119. The van der Waals surface area contributed by atoms with Crippen LogP contribution < -0.4 is 10.5 Å². The van der Waals surface area contributed by atoms with E-state index in [0.717, 1.165) is 5.56 Å². The summed E-state index contributed by atoms with van der Waals surface area (Å²) in [6.07, 6.45) is 3.18. The topological polar surface area (TPSA) is 101 Å². The zero-order chi connectivity index (χ0) is 14.0. The summed E-state index contributed by atoms with van der Waals surface area (Å²) in [7, 11) is -3.71. The highest BCUT2D eigenvalue weighted by molar-refractivity contribution is 7.89. The Morgan fingerprint density at radius 2 is 2.21 bits per heavy atom. The number of nitrogen functional groups attached to an aromatic ring is 1. The van der Waals surface area contributed by atoms with Gasteiger partial charge in [0.1, 0.15) is 4.90 Å². The Hall–Kier alpha value is -1.57. The summed E-state index contributed by atoms with van der Waals surface area (Å²) in [4.78, 5) is -0.00119. The van der Waals surface area contributed by atoms with Gasteiger partial charge in [0.05, 0.1) is 11.2 Å². The molecule has 0 spiro atoms. The number of H-pyrrole nitrogens is 1. The van der Waals surface area contributed by atoms with E-state index in [4.69, 9.17) is 17.3 Å². The van der Waals surface area contributed by atoms with E-state index in [1.54, 1.807) is 19.3 Å². The number of nitrogens with zero attached hydrogens (tertiary/aromatic N) is 1. The van der Waals surface area contributed by atoms with Crippen LogP contribution in [-0.2, 0) is 10.0 Å². The fourth-order valence-electron chi connectivity index (χ4n) is 1.60. The predicted octanol–water partition coefficient (Wildman–Crippen LogP) is 1.68. The smallest absolute Gasteiger partial charge is 0.242 e. The third-order valence-corrected chi connectivity index (χ3v) is 4.62. The molecule has 6 nitrogen and oxygen atoms in total. The molecule has 4 N–H and O–H groups in total. The number of sulfonamides is 1. The van der Waals surface area contributed by atoms with Crippen LogP contribution in [0.4, 0.5) is 5.69 Å². The van der Waals surface area contributed by atoms with Crippen LogP contribution in [0.2, 0.25) is 5.02 Å². The summed E-state index contributed by atoms with van der Waals surface area (Å²) < 4.78 is 26.9. The SMILES string of the molecule is CC(NS(=O)(=O)c1ccc(N)cc1Cl)c1cn[nH]c1. The molecule has 0 aliphatic rings. The average Bonchev–Trinajstić information content (AvgIpc) is 2.80. The molecule has 19 heavy (non-hydrogen) atoms. The maximum Gasteiger partial charge on any atom is 0.242 e.